The van der Waals surface area contributed by atoms with E-state index in [1.54, 1.807) is 0 Å². The fourth-order valence-electron chi connectivity index (χ4n) is 1.05. The summed E-state index contributed by atoms with van der Waals surface area (Å²) < 4.78 is 0. The van der Waals surface area contributed by atoms with Crippen LogP contribution in [-0.4, -0.2) is 0 Å². The van der Waals surface area contributed by atoms with E-state index in [2.05, 4.69) is 20.4 Å². The smallest absolute Gasteiger partial charge is 0.0147 e. The molecule has 0 saturated heterocycles. The predicted molar refractivity (Wildman–Crippen MR) is 52.8 cm³/mol. The van der Waals surface area contributed by atoms with Gasteiger partial charge in [-0.25, -0.2) is 0 Å². The standard InChI is InChI=1S/C10H17Cl/c1-7(2)6-10(8(3)4)9(5)11/h8H,1,6H2,2-5H3/b10-9-. The second kappa shape index (κ2) is 4.61. The molecular formula is C10H17Cl. The lowest BCUT2D eigenvalue weighted by Crippen LogP contribution is -1.96. The molecule has 1 heteroatoms. The van der Waals surface area contributed by atoms with Gasteiger partial charge in [0.25, 0.3) is 0 Å². The van der Waals surface area contributed by atoms with E-state index in [1.165, 1.54) is 11.1 Å². The Kier molecular flexibility index (Phi) is 4.51. The van der Waals surface area contributed by atoms with Crippen molar-refractivity contribution in [1.82, 2.24) is 0 Å². The molecule has 0 nitrogen and oxygen atoms in total. The number of allylic oxidation sites excluding steroid dienone is 3. The molecule has 0 amide bonds. The second-order valence-corrected chi connectivity index (χ2v) is 3.91. The molecule has 11 heavy (non-hydrogen) atoms. The SMILES string of the molecule is C=C(C)C/C(=C(\C)Cl)C(C)C. The molecule has 0 bridgehead atoms. The van der Waals surface area contributed by atoms with Crippen LogP contribution in [0.15, 0.2) is 22.8 Å². The number of rotatable bonds is 3. The normalized spacial score (nSPS) is 13.3. The zero-order valence-electron chi connectivity index (χ0n) is 7.87. The van der Waals surface area contributed by atoms with Crippen LogP contribution in [0, 0.1) is 5.92 Å². The molecule has 0 aliphatic heterocycles. The van der Waals surface area contributed by atoms with Crippen LogP contribution in [0.2, 0.25) is 0 Å². The molecule has 0 spiro atoms. The van der Waals surface area contributed by atoms with Crippen molar-refractivity contribution in [2.24, 2.45) is 5.92 Å². The van der Waals surface area contributed by atoms with Crippen molar-refractivity contribution in [2.45, 2.75) is 34.1 Å². The van der Waals surface area contributed by atoms with E-state index < -0.39 is 0 Å². The fraction of sp³-hybridized carbons (Fsp3) is 0.600. The van der Waals surface area contributed by atoms with Crippen molar-refractivity contribution >= 4 is 11.6 Å². The zero-order chi connectivity index (χ0) is 9.02. The van der Waals surface area contributed by atoms with Crippen molar-refractivity contribution in [3.63, 3.8) is 0 Å². The molecule has 0 fully saturated rings. The molecule has 0 heterocycles. The fourth-order valence-corrected chi connectivity index (χ4v) is 1.33. The summed E-state index contributed by atoms with van der Waals surface area (Å²) in [4.78, 5) is 0. The van der Waals surface area contributed by atoms with Gasteiger partial charge in [-0.1, -0.05) is 37.6 Å². The third kappa shape index (κ3) is 4.26. The van der Waals surface area contributed by atoms with Crippen LogP contribution < -0.4 is 0 Å². The average molecular weight is 173 g/mol. The Hall–Kier alpha value is -0.230. The highest BCUT2D eigenvalue weighted by molar-refractivity contribution is 6.29. The molecule has 64 valence electrons. The molecule has 0 aliphatic carbocycles. The monoisotopic (exact) mass is 172 g/mol. The molecule has 0 atom stereocenters. The lowest BCUT2D eigenvalue weighted by atomic mass is 9.97. The largest absolute Gasteiger partial charge is 0.0998 e. The lowest BCUT2D eigenvalue weighted by molar-refractivity contribution is 0.733. The first-order valence-electron chi connectivity index (χ1n) is 3.94. The summed E-state index contributed by atoms with van der Waals surface area (Å²) in [5.41, 5.74) is 2.48. The molecule has 0 saturated carbocycles. The maximum absolute atomic E-state index is 5.92. The highest BCUT2D eigenvalue weighted by Gasteiger charge is 2.05. The van der Waals surface area contributed by atoms with E-state index >= 15 is 0 Å². The Morgan fingerprint density at radius 1 is 1.36 bits per heavy atom. The first kappa shape index (κ1) is 10.8. The first-order chi connectivity index (χ1) is 4.95. The van der Waals surface area contributed by atoms with Gasteiger partial charge in [0.2, 0.25) is 0 Å². The molecule has 0 aromatic carbocycles. The molecule has 0 unspecified atom stereocenters. The maximum atomic E-state index is 5.92. The third-order valence-electron chi connectivity index (χ3n) is 1.63. The summed E-state index contributed by atoms with van der Waals surface area (Å²) in [5.74, 6) is 0.532. The molecule has 0 rings (SSSR count). The third-order valence-corrected chi connectivity index (χ3v) is 1.87. The summed E-state index contributed by atoms with van der Waals surface area (Å²) in [6, 6.07) is 0. The summed E-state index contributed by atoms with van der Waals surface area (Å²) in [7, 11) is 0. The van der Waals surface area contributed by atoms with Crippen molar-refractivity contribution in [3.05, 3.63) is 22.8 Å². The van der Waals surface area contributed by atoms with Gasteiger partial charge < -0.3 is 0 Å². The minimum absolute atomic E-state index is 0.532. The topological polar surface area (TPSA) is 0 Å². The van der Waals surface area contributed by atoms with Gasteiger partial charge in [-0.3, -0.25) is 0 Å². The zero-order valence-corrected chi connectivity index (χ0v) is 8.63. The van der Waals surface area contributed by atoms with E-state index in [9.17, 15) is 0 Å². The molecule has 0 aromatic heterocycles. The van der Waals surface area contributed by atoms with Gasteiger partial charge in [0.05, 0.1) is 0 Å². The summed E-state index contributed by atoms with van der Waals surface area (Å²) >= 11 is 5.92. The van der Waals surface area contributed by atoms with E-state index in [0.29, 0.717) is 5.92 Å². The summed E-state index contributed by atoms with van der Waals surface area (Å²) in [6.07, 6.45) is 0.937. The van der Waals surface area contributed by atoms with Crippen molar-refractivity contribution in [3.8, 4) is 0 Å². The van der Waals surface area contributed by atoms with Gasteiger partial charge in [-0.05, 0) is 31.8 Å². The van der Waals surface area contributed by atoms with E-state index in [-0.39, 0.29) is 0 Å². The van der Waals surface area contributed by atoms with Gasteiger partial charge in [-0.2, -0.15) is 0 Å². The van der Waals surface area contributed by atoms with Crippen LogP contribution in [0.25, 0.3) is 0 Å². The Balaban J connectivity index is 4.38. The van der Waals surface area contributed by atoms with Crippen LogP contribution in [0.4, 0.5) is 0 Å². The van der Waals surface area contributed by atoms with Crippen LogP contribution in [-0.2, 0) is 0 Å². The molecule has 0 radical (unpaired) electrons. The predicted octanol–water partition coefficient (Wildman–Crippen LogP) is 4.12. The van der Waals surface area contributed by atoms with Gasteiger partial charge in [0.15, 0.2) is 0 Å². The Morgan fingerprint density at radius 3 is 1.91 bits per heavy atom. The molecule has 0 aliphatic rings. The number of hydrogen-bond acceptors (Lipinski definition) is 0. The molecular weight excluding hydrogens is 156 g/mol. The van der Waals surface area contributed by atoms with E-state index in [4.69, 9.17) is 11.6 Å². The minimum atomic E-state index is 0.532. The van der Waals surface area contributed by atoms with Gasteiger partial charge in [-0.15, -0.1) is 0 Å². The van der Waals surface area contributed by atoms with Crippen molar-refractivity contribution in [2.75, 3.05) is 0 Å². The average Bonchev–Trinajstić information content (AvgIpc) is 1.81. The van der Waals surface area contributed by atoms with Crippen LogP contribution in [0.1, 0.15) is 34.1 Å². The second-order valence-electron chi connectivity index (χ2n) is 3.35. The Morgan fingerprint density at radius 2 is 1.82 bits per heavy atom. The van der Waals surface area contributed by atoms with E-state index in [1.807, 2.05) is 13.8 Å². The summed E-state index contributed by atoms with van der Waals surface area (Å²) in [6.45, 7) is 12.2. The van der Waals surface area contributed by atoms with Crippen molar-refractivity contribution < 1.29 is 0 Å². The molecule has 0 N–H and O–H groups in total. The highest BCUT2D eigenvalue weighted by atomic mass is 35.5. The van der Waals surface area contributed by atoms with Crippen LogP contribution >= 0.6 is 11.6 Å². The maximum Gasteiger partial charge on any atom is 0.0147 e. The van der Waals surface area contributed by atoms with Gasteiger partial charge >= 0.3 is 0 Å². The molecule has 0 aromatic rings. The van der Waals surface area contributed by atoms with Crippen molar-refractivity contribution in [1.29, 1.82) is 0 Å². The minimum Gasteiger partial charge on any atom is -0.0998 e. The Bertz CT molecular complexity index is 171. The quantitative estimate of drug-likeness (QED) is 0.562. The van der Waals surface area contributed by atoms with Crippen LogP contribution in [0.3, 0.4) is 0 Å². The highest BCUT2D eigenvalue weighted by Crippen LogP contribution is 2.23. The van der Waals surface area contributed by atoms with Gasteiger partial charge in [0.1, 0.15) is 0 Å². The van der Waals surface area contributed by atoms with Crippen LogP contribution in [0.5, 0.6) is 0 Å². The Labute approximate surface area is 74.9 Å². The summed E-state index contributed by atoms with van der Waals surface area (Å²) in [5, 5.41) is 0.919. The van der Waals surface area contributed by atoms with Gasteiger partial charge in [0, 0.05) is 5.03 Å². The number of hydrogen-bond donors (Lipinski definition) is 0. The lowest BCUT2D eigenvalue weighted by Gasteiger charge is -2.12. The number of halogens is 1. The first-order valence-corrected chi connectivity index (χ1v) is 4.32. The van der Waals surface area contributed by atoms with E-state index in [0.717, 1.165) is 11.5 Å².